The molecule has 0 bridgehead atoms. The Kier molecular flexibility index (Phi) is 20.6. The van der Waals surface area contributed by atoms with Crippen molar-refractivity contribution in [1.82, 2.24) is 36.4 Å². The van der Waals surface area contributed by atoms with Gasteiger partial charge in [-0.2, -0.15) is 0 Å². The number of amides is 7. The highest BCUT2D eigenvalue weighted by atomic mass is 17.1. The molecule has 25 nitrogen and oxygen atoms in total. The van der Waals surface area contributed by atoms with E-state index in [4.69, 9.17) is 23.3 Å². The van der Waals surface area contributed by atoms with Crippen LogP contribution in [0.15, 0.2) is 66.7 Å². The van der Waals surface area contributed by atoms with Crippen LogP contribution in [0.25, 0.3) is 22.3 Å². The molecule has 3 aliphatic heterocycles. The van der Waals surface area contributed by atoms with E-state index in [1.165, 1.54) is 71.9 Å². The van der Waals surface area contributed by atoms with Crippen LogP contribution >= 0.6 is 0 Å². The molecule has 25 heteroatoms. The molecule has 3 heterocycles. The highest BCUT2D eigenvalue weighted by Gasteiger charge is 2.62. The van der Waals surface area contributed by atoms with E-state index in [0.717, 1.165) is 37.5 Å². The number of carbonyl (C=O) groups excluding carboxylic acids is 7. The van der Waals surface area contributed by atoms with Crippen LogP contribution in [0.4, 0.5) is 0 Å². The fourth-order valence-electron chi connectivity index (χ4n) is 13.8. The lowest BCUT2D eigenvalue weighted by atomic mass is 9.71. The van der Waals surface area contributed by atoms with Crippen molar-refractivity contribution in [3.63, 3.8) is 0 Å². The van der Waals surface area contributed by atoms with Crippen LogP contribution in [0.5, 0.6) is 11.5 Å². The minimum Gasteiger partial charge on any atom is -0.508 e. The zero-order valence-electron chi connectivity index (χ0n) is 68.9. The van der Waals surface area contributed by atoms with Crippen LogP contribution in [0, 0.1) is 57.8 Å². The number of phenolic OH excluding ortho intramolecular Hbond substituents is 1. The summed E-state index contributed by atoms with van der Waals surface area (Å²) in [7, 11) is 0. The third kappa shape index (κ3) is 15.7. The first-order chi connectivity index (χ1) is 50.1. The standard InChI is InChI=1S/C74H105N7O18/c1-18-36(6)29-40(10)98-48-23-26-50(39(9)32-48)45-21-24-49(37(7)30-45)46-22-25-51(38(8)31-46)64(90)75-56-43(13)60(86)68(99-97)78-67(93)59-63(89)73(16,35(4)5)44(14)81(59)69(94)57(53(83)19-2)76-65(91)58(62(88)61(87)52-27-28-54(84)42(12)41(52)11)77-70(95)72(15)33-47(82)34-80(72)71(96)74(17,55(85)20-3)79-66(56)92/h21-28,30-32,35-36,40,43-44,47,53,55-63,68,82-89,97H,18-20,29,33-34H2,1-17H3,(H,75,90)(H,76,91)(H,77,95)(H,78,93)(H,79,92)/t36?,40?,43?,44?,47-,53-,55-,56+,57+,58+,59+,60-,61+,62+,63-,68-,72+,73+,74+/m1/s1/i1D3,18D2,23D,29D2,36D,40D. The van der Waals surface area contributed by atoms with Gasteiger partial charge in [0.25, 0.3) is 11.8 Å². The summed E-state index contributed by atoms with van der Waals surface area (Å²) < 4.78 is 88.9. The number of β-amino-alcohol motifs (C(OH)–C–C–N with tert-alkyl or cyclic N) is 1. The second-order valence-corrected chi connectivity index (χ2v) is 27.6. The maximum absolute atomic E-state index is 15.6. The number of carbonyl (C=O) groups is 7. The first kappa shape index (κ1) is 64.8. The van der Waals surface area contributed by atoms with Crippen molar-refractivity contribution in [3.05, 3.63) is 106 Å². The third-order valence-corrected chi connectivity index (χ3v) is 20.9. The fourth-order valence-corrected chi connectivity index (χ4v) is 13.8. The molecule has 19 atom stereocenters. The van der Waals surface area contributed by atoms with E-state index in [1.54, 1.807) is 71.9 Å². The molecule has 0 spiro atoms. The van der Waals surface area contributed by atoms with Crippen molar-refractivity contribution >= 4 is 41.4 Å². The van der Waals surface area contributed by atoms with Gasteiger partial charge in [0.1, 0.15) is 65.1 Å². The normalized spacial score (nSPS) is 32.0. The quantitative estimate of drug-likeness (QED) is 0.0462. The molecule has 7 rings (SSSR count). The van der Waals surface area contributed by atoms with Crippen LogP contribution < -0.4 is 31.3 Å². The predicted molar refractivity (Wildman–Crippen MR) is 369 cm³/mol. The van der Waals surface area contributed by atoms with Gasteiger partial charge in [-0.05, 0) is 173 Å². The minimum atomic E-state index is -3.45. The van der Waals surface area contributed by atoms with Crippen molar-refractivity contribution in [2.24, 2.45) is 23.1 Å². The number of benzene rings is 4. The van der Waals surface area contributed by atoms with E-state index in [2.05, 4.69) is 26.6 Å². The Morgan fingerprint density at radius 1 is 0.798 bits per heavy atom. The van der Waals surface area contributed by atoms with Gasteiger partial charge in [-0.25, -0.2) is 10.1 Å². The lowest BCUT2D eigenvalue weighted by Crippen LogP contribution is -2.71. The van der Waals surface area contributed by atoms with Gasteiger partial charge in [-0.3, -0.25) is 33.6 Å². The number of ether oxygens (including phenoxy) is 1. The van der Waals surface area contributed by atoms with Gasteiger partial charge in [0.2, 0.25) is 29.5 Å². The van der Waals surface area contributed by atoms with E-state index in [-0.39, 0.29) is 52.6 Å². The van der Waals surface area contributed by atoms with Crippen LogP contribution in [-0.2, 0) is 33.7 Å². The average Bonchev–Trinajstić information content (AvgIpc) is 1.46. The van der Waals surface area contributed by atoms with Gasteiger partial charge in [0, 0.05) is 46.9 Å². The maximum atomic E-state index is 15.6. The molecule has 4 unspecified atom stereocenters. The number of hydrogen-bond acceptors (Lipinski definition) is 18. The van der Waals surface area contributed by atoms with Gasteiger partial charge in [0.05, 0.1) is 33.2 Å². The molecule has 3 fully saturated rings. The summed E-state index contributed by atoms with van der Waals surface area (Å²) in [4.78, 5) is 114. The molecule has 0 radical (unpaired) electrons. The Labute approximate surface area is 594 Å². The zero-order valence-corrected chi connectivity index (χ0v) is 58.9. The van der Waals surface area contributed by atoms with E-state index < -0.39 is 193 Å². The second kappa shape index (κ2) is 31.5. The molecule has 14 N–H and O–H groups in total. The van der Waals surface area contributed by atoms with Crippen LogP contribution in [0.1, 0.15) is 179 Å². The smallest absolute Gasteiger partial charge is 0.252 e. The van der Waals surface area contributed by atoms with Crippen molar-refractivity contribution in [1.29, 1.82) is 0 Å². The Balaban J connectivity index is 1.31. The number of aryl methyl sites for hydroxylation is 3. The molecule has 3 saturated heterocycles. The number of fused-ring (bicyclic) bond motifs is 2. The summed E-state index contributed by atoms with van der Waals surface area (Å²) >= 11 is 0. The highest BCUT2D eigenvalue weighted by Crippen LogP contribution is 2.47. The number of aromatic hydroxyl groups is 1. The molecule has 544 valence electrons. The molecule has 0 saturated carbocycles. The zero-order chi connectivity index (χ0) is 82.8. The first-order valence-corrected chi connectivity index (χ1v) is 33.1. The number of aliphatic hydroxyl groups is 7. The number of phenols is 1. The summed E-state index contributed by atoms with van der Waals surface area (Å²) in [6, 6.07) is 4.97. The second-order valence-electron chi connectivity index (χ2n) is 27.6. The van der Waals surface area contributed by atoms with Crippen molar-refractivity contribution in [2.75, 3.05) is 6.54 Å². The molecule has 4 aromatic rings. The molecule has 0 aliphatic carbocycles. The monoisotopic (exact) mass is 1390 g/mol. The number of nitrogens with one attached hydrogen (secondary N) is 5. The Bertz CT molecular complexity index is 4130. The Morgan fingerprint density at radius 3 is 2.02 bits per heavy atom. The molecule has 3 aliphatic rings. The van der Waals surface area contributed by atoms with Gasteiger partial charge in [-0.1, -0.05) is 104 Å². The summed E-state index contributed by atoms with van der Waals surface area (Å²) in [6.45, 7) is 18.1. The molecule has 4 aromatic carbocycles. The van der Waals surface area contributed by atoms with Crippen LogP contribution in [0.2, 0.25) is 0 Å². The van der Waals surface area contributed by atoms with E-state index in [9.17, 15) is 46.1 Å². The lowest BCUT2D eigenvalue weighted by Gasteiger charge is -2.43. The number of nitrogens with zero attached hydrogens (tertiary/aromatic N) is 2. The van der Waals surface area contributed by atoms with E-state index >= 15 is 33.6 Å². The fraction of sp³-hybridized carbons (Fsp3) is 0.581. The first-order valence-electron chi connectivity index (χ1n) is 38.1. The molecule has 99 heavy (non-hydrogen) atoms. The minimum absolute atomic E-state index is 0.0537. The highest BCUT2D eigenvalue weighted by molar-refractivity contribution is 6.03. The third-order valence-electron chi connectivity index (χ3n) is 20.9. The molecular formula is C74H105N7O18. The number of rotatable bonds is 18. The SMILES string of the molecule is [2H]c1cc(-c2ccc(-c3ccc(C(=O)N[C@@H]4C(=O)N[C@@](C)([C@H](O)CC)C(=O)N5C[C@H](O)C[C@@]5(C)C(=O)N[C@@H]([C@H](O)[C@@H](O)c5ccc(O)c(C)c5C)C(=O)N[C@@H]([C@H](O)CC)C(=O)N5C(C)[C@](C)(C(C)C)[C@H](O)[C@H]5C(=O)N[C@H](OO)[C@H](O)C4C)c(C)c3)c(C)c2)c(C)cc1OC([2H])(C)C([2H])([2H])C([2H])(C)C([2H])([2H])C([2H])([2H])[2H]. The largest absolute Gasteiger partial charge is 0.508 e. The Morgan fingerprint density at radius 2 is 1.42 bits per heavy atom. The van der Waals surface area contributed by atoms with Crippen molar-refractivity contribution in [3.8, 4) is 33.8 Å². The topological polar surface area (TPSA) is 387 Å². The van der Waals surface area contributed by atoms with Crippen molar-refractivity contribution in [2.45, 2.75) is 246 Å². The maximum Gasteiger partial charge on any atom is 0.252 e. The van der Waals surface area contributed by atoms with Crippen LogP contribution in [0.3, 0.4) is 0 Å². The number of hydrogen-bond donors (Lipinski definition) is 14. The average molecular weight is 1390 g/mol. The van der Waals surface area contributed by atoms with E-state index in [0.29, 0.717) is 38.9 Å². The molecule has 7 amide bonds. The summed E-state index contributed by atoms with van der Waals surface area (Å²) in [6.07, 6.45) is -27.0. The lowest BCUT2D eigenvalue weighted by molar-refractivity contribution is -0.307. The predicted octanol–water partition coefficient (Wildman–Crippen LogP) is 4.97. The van der Waals surface area contributed by atoms with E-state index in [1.807, 2.05) is 0 Å². The van der Waals surface area contributed by atoms with Crippen molar-refractivity contribution < 1.29 is 103 Å². The van der Waals surface area contributed by atoms with Gasteiger partial charge < -0.3 is 82.0 Å². The number of aliphatic hydroxyl groups excluding tert-OH is 7. The summed E-state index contributed by atoms with van der Waals surface area (Å²) in [5.74, 6) is -14.8. The van der Waals surface area contributed by atoms with Gasteiger partial charge >= 0.3 is 0 Å². The molecule has 0 aromatic heterocycles. The molecular weight excluding hydrogens is 1270 g/mol. The summed E-state index contributed by atoms with van der Waals surface area (Å²) in [5.41, 5.74) is -2.26. The summed E-state index contributed by atoms with van der Waals surface area (Å²) in [5, 5.41) is 118. The van der Waals surface area contributed by atoms with Crippen LogP contribution in [-0.4, -0.2) is 194 Å². The van der Waals surface area contributed by atoms with Gasteiger partial charge in [0.15, 0.2) is 6.23 Å². The van der Waals surface area contributed by atoms with Gasteiger partial charge in [-0.15, -0.1) is 0 Å². The Hall–Kier alpha value is -7.59.